The Morgan fingerprint density at radius 2 is 1.94 bits per heavy atom. The predicted octanol–water partition coefficient (Wildman–Crippen LogP) is 4.32. The van der Waals surface area contributed by atoms with Crippen LogP contribution in [0, 0.1) is 0 Å². The quantitative estimate of drug-likeness (QED) is 0.757. The van der Waals surface area contributed by atoms with Crippen LogP contribution in [0.2, 0.25) is 0 Å². The van der Waals surface area contributed by atoms with E-state index >= 15 is 0 Å². The average molecular weight is 238 g/mol. The summed E-state index contributed by atoms with van der Waals surface area (Å²) in [7, 11) is 0. The summed E-state index contributed by atoms with van der Waals surface area (Å²) in [4.78, 5) is 0. The SMILES string of the molecule is CCc1ccc2c(c1)CCC(c1ccccc1)O2. The van der Waals surface area contributed by atoms with E-state index in [9.17, 15) is 0 Å². The number of hydrogen-bond donors (Lipinski definition) is 0. The van der Waals surface area contributed by atoms with Gasteiger partial charge in [0.05, 0.1) is 0 Å². The van der Waals surface area contributed by atoms with Crippen LogP contribution in [0.15, 0.2) is 48.5 Å². The van der Waals surface area contributed by atoms with E-state index in [1.54, 1.807) is 0 Å². The molecular weight excluding hydrogens is 220 g/mol. The highest BCUT2D eigenvalue weighted by Crippen LogP contribution is 2.35. The Hall–Kier alpha value is -1.76. The van der Waals surface area contributed by atoms with Gasteiger partial charge < -0.3 is 4.74 Å². The lowest BCUT2D eigenvalue weighted by Crippen LogP contribution is -2.15. The van der Waals surface area contributed by atoms with Crippen LogP contribution >= 0.6 is 0 Å². The molecule has 2 aromatic carbocycles. The highest BCUT2D eigenvalue weighted by molar-refractivity contribution is 5.39. The smallest absolute Gasteiger partial charge is 0.124 e. The minimum atomic E-state index is 0.214. The van der Waals surface area contributed by atoms with E-state index in [1.807, 2.05) is 6.07 Å². The van der Waals surface area contributed by atoms with Gasteiger partial charge in [-0.25, -0.2) is 0 Å². The Kier molecular flexibility index (Phi) is 3.06. The second-order valence-corrected chi connectivity index (χ2v) is 4.85. The number of benzene rings is 2. The van der Waals surface area contributed by atoms with Crippen LogP contribution in [0.3, 0.4) is 0 Å². The first-order chi connectivity index (χ1) is 8.86. The summed E-state index contributed by atoms with van der Waals surface area (Å²) in [6.07, 6.45) is 3.49. The second kappa shape index (κ2) is 4.85. The van der Waals surface area contributed by atoms with Crippen LogP contribution in [-0.2, 0) is 12.8 Å². The molecule has 0 radical (unpaired) electrons. The molecule has 1 unspecified atom stereocenters. The van der Waals surface area contributed by atoms with Crippen molar-refractivity contribution in [2.24, 2.45) is 0 Å². The van der Waals surface area contributed by atoms with Gasteiger partial charge >= 0.3 is 0 Å². The first kappa shape index (κ1) is 11.3. The molecule has 18 heavy (non-hydrogen) atoms. The standard InChI is InChI=1S/C17H18O/c1-2-13-8-10-17-15(12-13)9-11-16(18-17)14-6-4-3-5-7-14/h3-8,10,12,16H,2,9,11H2,1H3. The molecule has 1 nitrogen and oxygen atoms in total. The largest absolute Gasteiger partial charge is 0.485 e. The van der Waals surface area contributed by atoms with Gasteiger partial charge in [-0.05, 0) is 42.0 Å². The van der Waals surface area contributed by atoms with Gasteiger partial charge in [-0.2, -0.15) is 0 Å². The summed E-state index contributed by atoms with van der Waals surface area (Å²) in [5.74, 6) is 1.06. The van der Waals surface area contributed by atoms with Gasteiger partial charge in [0, 0.05) is 0 Å². The topological polar surface area (TPSA) is 9.23 Å². The normalized spacial score (nSPS) is 17.9. The zero-order chi connectivity index (χ0) is 12.4. The Morgan fingerprint density at radius 3 is 2.72 bits per heavy atom. The fourth-order valence-corrected chi connectivity index (χ4v) is 2.56. The summed E-state index contributed by atoms with van der Waals surface area (Å²) in [6, 6.07) is 17.1. The zero-order valence-corrected chi connectivity index (χ0v) is 10.7. The van der Waals surface area contributed by atoms with Gasteiger partial charge in [-0.3, -0.25) is 0 Å². The molecule has 1 atom stereocenters. The fraction of sp³-hybridized carbons (Fsp3) is 0.294. The van der Waals surface area contributed by atoms with Crippen molar-refractivity contribution in [3.63, 3.8) is 0 Å². The van der Waals surface area contributed by atoms with Gasteiger partial charge in [0.25, 0.3) is 0 Å². The van der Waals surface area contributed by atoms with E-state index < -0.39 is 0 Å². The molecule has 1 aliphatic rings. The van der Waals surface area contributed by atoms with Gasteiger partial charge in [0.1, 0.15) is 11.9 Å². The molecule has 1 aliphatic heterocycles. The van der Waals surface area contributed by atoms with Gasteiger partial charge in [-0.1, -0.05) is 49.4 Å². The van der Waals surface area contributed by atoms with Gasteiger partial charge in [0.15, 0.2) is 0 Å². The van der Waals surface area contributed by atoms with Crippen molar-refractivity contribution in [1.29, 1.82) is 0 Å². The van der Waals surface area contributed by atoms with Crippen LogP contribution in [0.4, 0.5) is 0 Å². The van der Waals surface area contributed by atoms with Crippen LogP contribution < -0.4 is 4.74 Å². The molecular formula is C17H18O. The average Bonchev–Trinajstić information content (AvgIpc) is 2.47. The van der Waals surface area contributed by atoms with Crippen LogP contribution in [0.25, 0.3) is 0 Å². The summed E-state index contributed by atoms with van der Waals surface area (Å²) in [6.45, 7) is 2.19. The molecule has 0 aromatic heterocycles. The van der Waals surface area contributed by atoms with Crippen molar-refractivity contribution >= 4 is 0 Å². The molecule has 1 heteroatoms. The van der Waals surface area contributed by atoms with Crippen LogP contribution in [0.5, 0.6) is 5.75 Å². The van der Waals surface area contributed by atoms with E-state index in [0.717, 1.165) is 25.0 Å². The molecule has 0 saturated carbocycles. The van der Waals surface area contributed by atoms with E-state index in [0.29, 0.717) is 0 Å². The summed E-state index contributed by atoms with van der Waals surface area (Å²) < 4.78 is 6.12. The van der Waals surface area contributed by atoms with Crippen molar-refractivity contribution in [3.05, 3.63) is 65.2 Å². The van der Waals surface area contributed by atoms with E-state index in [1.165, 1.54) is 16.7 Å². The number of fused-ring (bicyclic) bond motifs is 1. The van der Waals surface area contributed by atoms with Crippen LogP contribution in [0.1, 0.15) is 36.1 Å². The molecule has 0 aliphatic carbocycles. The Balaban J connectivity index is 1.85. The lowest BCUT2D eigenvalue weighted by atomic mass is 9.96. The molecule has 0 spiro atoms. The Labute approximate surface area is 108 Å². The minimum absolute atomic E-state index is 0.214. The molecule has 0 N–H and O–H groups in total. The predicted molar refractivity (Wildman–Crippen MR) is 74.0 cm³/mol. The van der Waals surface area contributed by atoms with Crippen molar-refractivity contribution in [2.75, 3.05) is 0 Å². The Bertz CT molecular complexity index is 531. The molecule has 0 amide bonds. The first-order valence-corrected chi connectivity index (χ1v) is 6.70. The van der Waals surface area contributed by atoms with E-state index in [-0.39, 0.29) is 6.10 Å². The maximum atomic E-state index is 6.12. The molecule has 0 saturated heterocycles. The maximum absolute atomic E-state index is 6.12. The third kappa shape index (κ3) is 2.13. The summed E-state index contributed by atoms with van der Waals surface area (Å²) in [5, 5.41) is 0. The molecule has 0 fully saturated rings. The van der Waals surface area contributed by atoms with Gasteiger partial charge in [-0.15, -0.1) is 0 Å². The zero-order valence-electron chi connectivity index (χ0n) is 10.7. The number of hydrogen-bond acceptors (Lipinski definition) is 1. The van der Waals surface area contributed by atoms with Crippen LogP contribution in [-0.4, -0.2) is 0 Å². The highest BCUT2D eigenvalue weighted by atomic mass is 16.5. The molecule has 0 bridgehead atoms. The third-order valence-electron chi connectivity index (χ3n) is 3.65. The second-order valence-electron chi connectivity index (χ2n) is 4.85. The van der Waals surface area contributed by atoms with Crippen molar-refractivity contribution in [3.8, 4) is 5.75 Å². The maximum Gasteiger partial charge on any atom is 0.124 e. The minimum Gasteiger partial charge on any atom is -0.485 e. The third-order valence-corrected chi connectivity index (χ3v) is 3.65. The summed E-state index contributed by atoms with van der Waals surface area (Å²) >= 11 is 0. The molecule has 92 valence electrons. The van der Waals surface area contributed by atoms with Gasteiger partial charge in [0.2, 0.25) is 0 Å². The summed E-state index contributed by atoms with van der Waals surface area (Å²) in [5.41, 5.74) is 4.04. The van der Waals surface area contributed by atoms with E-state index in [4.69, 9.17) is 4.74 Å². The monoisotopic (exact) mass is 238 g/mol. The Morgan fingerprint density at radius 1 is 1.11 bits per heavy atom. The van der Waals surface area contributed by atoms with Crippen molar-refractivity contribution in [1.82, 2.24) is 0 Å². The first-order valence-electron chi connectivity index (χ1n) is 6.70. The van der Waals surface area contributed by atoms with Crippen molar-refractivity contribution in [2.45, 2.75) is 32.3 Å². The molecule has 3 rings (SSSR count). The molecule has 1 heterocycles. The molecule has 2 aromatic rings. The lowest BCUT2D eigenvalue weighted by molar-refractivity contribution is 0.176. The fourth-order valence-electron chi connectivity index (χ4n) is 2.56. The lowest BCUT2D eigenvalue weighted by Gasteiger charge is -2.26. The van der Waals surface area contributed by atoms with Crippen molar-refractivity contribution < 1.29 is 4.74 Å². The number of rotatable bonds is 2. The number of aryl methyl sites for hydroxylation is 2. The highest BCUT2D eigenvalue weighted by Gasteiger charge is 2.20. The van der Waals surface area contributed by atoms with E-state index in [2.05, 4.69) is 49.4 Å². The number of ether oxygens (including phenoxy) is 1.